The van der Waals surface area contributed by atoms with Crippen LogP contribution in [0.3, 0.4) is 0 Å². The number of esters is 1. The molecule has 0 saturated carbocycles. The lowest BCUT2D eigenvalue weighted by molar-refractivity contribution is -0.158. The van der Waals surface area contributed by atoms with Gasteiger partial charge in [-0.1, -0.05) is 74.7 Å². The molecule has 4 heteroatoms. The Kier molecular flexibility index (Phi) is 17.2. The minimum Gasteiger partial charge on any atom is -0.464 e. The zero-order valence-corrected chi connectivity index (χ0v) is 16.2. The SMILES string of the molecule is CCCCCCCCOC(CCCC)C(=O)OCCCCBr. The number of rotatable bonds is 16. The van der Waals surface area contributed by atoms with E-state index in [9.17, 15) is 4.79 Å². The summed E-state index contributed by atoms with van der Waals surface area (Å²) in [5.41, 5.74) is 0. The van der Waals surface area contributed by atoms with Crippen LogP contribution in [0.15, 0.2) is 0 Å². The number of carbonyl (C=O) groups is 1. The van der Waals surface area contributed by atoms with Crippen LogP contribution in [0.25, 0.3) is 0 Å². The van der Waals surface area contributed by atoms with Gasteiger partial charge in [-0.15, -0.1) is 0 Å². The predicted octanol–water partition coefficient (Wildman–Crippen LogP) is 5.64. The highest BCUT2D eigenvalue weighted by molar-refractivity contribution is 9.09. The second-order valence-electron chi connectivity index (χ2n) is 5.83. The molecule has 0 aliphatic heterocycles. The van der Waals surface area contributed by atoms with Crippen LogP contribution >= 0.6 is 15.9 Å². The van der Waals surface area contributed by atoms with E-state index < -0.39 is 0 Å². The Hall–Kier alpha value is -0.0900. The predicted molar refractivity (Wildman–Crippen MR) is 96.6 cm³/mol. The lowest BCUT2D eigenvalue weighted by atomic mass is 10.1. The van der Waals surface area contributed by atoms with Gasteiger partial charge < -0.3 is 9.47 Å². The van der Waals surface area contributed by atoms with E-state index in [2.05, 4.69) is 29.8 Å². The van der Waals surface area contributed by atoms with Gasteiger partial charge in [0.15, 0.2) is 6.10 Å². The Morgan fingerprint density at radius 2 is 1.50 bits per heavy atom. The summed E-state index contributed by atoms with van der Waals surface area (Å²) in [6, 6.07) is 0. The van der Waals surface area contributed by atoms with Crippen LogP contribution in [0.1, 0.15) is 84.5 Å². The molecule has 0 amide bonds. The molecule has 0 aromatic heterocycles. The highest BCUT2D eigenvalue weighted by Gasteiger charge is 2.19. The van der Waals surface area contributed by atoms with Gasteiger partial charge in [0.25, 0.3) is 0 Å². The first-order valence-corrected chi connectivity index (χ1v) is 10.2. The number of carbonyl (C=O) groups excluding carboxylic acids is 1. The van der Waals surface area contributed by atoms with E-state index in [1.54, 1.807) is 0 Å². The fourth-order valence-corrected chi connectivity index (χ4v) is 2.63. The quantitative estimate of drug-likeness (QED) is 0.198. The van der Waals surface area contributed by atoms with Crippen LogP contribution in [0.5, 0.6) is 0 Å². The molecule has 3 nitrogen and oxygen atoms in total. The Morgan fingerprint density at radius 1 is 0.864 bits per heavy atom. The summed E-state index contributed by atoms with van der Waals surface area (Å²) < 4.78 is 11.1. The summed E-state index contributed by atoms with van der Waals surface area (Å²) in [5.74, 6) is -0.172. The molecule has 22 heavy (non-hydrogen) atoms. The van der Waals surface area contributed by atoms with Crippen LogP contribution in [0.2, 0.25) is 0 Å². The van der Waals surface area contributed by atoms with Crippen molar-refractivity contribution < 1.29 is 14.3 Å². The minimum atomic E-state index is -0.362. The maximum absolute atomic E-state index is 12.1. The Morgan fingerprint density at radius 3 is 2.18 bits per heavy atom. The van der Waals surface area contributed by atoms with Crippen molar-refractivity contribution in [1.29, 1.82) is 0 Å². The van der Waals surface area contributed by atoms with Crippen molar-refractivity contribution in [1.82, 2.24) is 0 Å². The molecule has 0 heterocycles. The lowest BCUT2D eigenvalue weighted by Crippen LogP contribution is -2.27. The zero-order chi connectivity index (χ0) is 16.5. The van der Waals surface area contributed by atoms with E-state index in [1.165, 1.54) is 32.1 Å². The van der Waals surface area contributed by atoms with Gasteiger partial charge in [0.2, 0.25) is 0 Å². The summed E-state index contributed by atoms with van der Waals surface area (Å²) in [7, 11) is 0. The summed E-state index contributed by atoms with van der Waals surface area (Å²) in [6.45, 7) is 5.54. The van der Waals surface area contributed by atoms with Crippen LogP contribution in [0.4, 0.5) is 0 Å². The Balaban J connectivity index is 3.83. The Labute approximate surface area is 145 Å². The number of halogens is 1. The molecule has 0 bridgehead atoms. The molecule has 0 fully saturated rings. The second-order valence-corrected chi connectivity index (χ2v) is 6.63. The summed E-state index contributed by atoms with van der Waals surface area (Å²) in [4.78, 5) is 12.1. The number of ether oxygens (including phenoxy) is 2. The van der Waals surface area contributed by atoms with Gasteiger partial charge in [-0.25, -0.2) is 4.79 Å². The van der Waals surface area contributed by atoms with Crippen LogP contribution in [0, 0.1) is 0 Å². The molecule has 0 aromatic rings. The maximum atomic E-state index is 12.1. The van der Waals surface area contributed by atoms with Gasteiger partial charge >= 0.3 is 5.97 Å². The molecule has 0 aliphatic carbocycles. The molecular formula is C18H35BrO3. The zero-order valence-electron chi connectivity index (χ0n) is 14.6. The smallest absolute Gasteiger partial charge is 0.335 e. The fourth-order valence-electron chi connectivity index (χ4n) is 2.23. The molecule has 0 saturated heterocycles. The first kappa shape index (κ1) is 21.9. The first-order chi connectivity index (χ1) is 10.8. The van der Waals surface area contributed by atoms with E-state index in [4.69, 9.17) is 9.47 Å². The van der Waals surface area contributed by atoms with Crippen molar-refractivity contribution in [2.45, 2.75) is 90.6 Å². The van der Waals surface area contributed by atoms with Gasteiger partial charge in [0.1, 0.15) is 0 Å². The Bertz CT molecular complexity index is 246. The standard InChI is InChI=1S/C18H35BrO3/c1-3-5-7-8-9-11-15-21-17(13-6-4-2)18(20)22-16-12-10-14-19/h17H,3-16H2,1-2H3. The van der Waals surface area contributed by atoms with Crippen LogP contribution in [-0.4, -0.2) is 30.6 Å². The number of hydrogen-bond donors (Lipinski definition) is 0. The molecule has 1 unspecified atom stereocenters. The summed E-state index contributed by atoms with van der Waals surface area (Å²) >= 11 is 3.38. The van der Waals surface area contributed by atoms with Crippen molar-refractivity contribution >= 4 is 21.9 Å². The average Bonchev–Trinajstić information content (AvgIpc) is 2.53. The van der Waals surface area contributed by atoms with Gasteiger partial charge in [-0.2, -0.15) is 0 Å². The topological polar surface area (TPSA) is 35.5 Å². The van der Waals surface area contributed by atoms with Crippen molar-refractivity contribution in [2.24, 2.45) is 0 Å². The third kappa shape index (κ3) is 13.6. The summed E-state index contributed by atoms with van der Waals surface area (Å²) in [5, 5.41) is 0.957. The fraction of sp³-hybridized carbons (Fsp3) is 0.944. The molecule has 0 radical (unpaired) electrons. The largest absolute Gasteiger partial charge is 0.464 e. The molecule has 1 atom stereocenters. The molecule has 0 rings (SSSR count). The van der Waals surface area contributed by atoms with Crippen molar-refractivity contribution in [2.75, 3.05) is 18.5 Å². The van der Waals surface area contributed by atoms with E-state index in [-0.39, 0.29) is 12.1 Å². The minimum absolute atomic E-state index is 0.172. The van der Waals surface area contributed by atoms with Gasteiger partial charge in [-0.3, -0.25) is 0 Å². The molecular weight excluding hydrogens is 344 g/mol. The molecule has 0 aliphatic rings. The highest BCUT2D eigenvalue weighted by Crippen LogP contribution is 2.10. The van der Waals surface area contributed by atoms with Crippen LogP contribution < -0.4 is 0 Å². The van der Waals surface area contributed by atoms with Gasteiger partial charge in [0.05, 0.1) is 6.61 Å². The van der Waals surface area contributed by atoms with Gasteiger partial charge in [0, 0.05) is 11.9 Å². The molecule has 132 valence electrons. The normalized spacial score (nSPS) is 12.3. The van der Waals surface area contributed by atoms with Gasteiger partial charge in [-0.05, 0) is 25.7 Å². The average molecular weight is 379 g/mol. The number of hydrogen-bond acceptors (Lipinski definition) is 3. The van der Waals surface area contributed by atoms with E-state index in [1.807, 2.05) is 0 Å². The highest BCUT2D eigenvalue weighted by atomic mass is 79.9. The third-order valence-corrected chi connectivity index (χ3v) is 4.23. The molecule has 0 aromatic carbocycles. The molecule has 0 N–H and O–H groups in total. The monoisotopic (exact) mass is 378 g/mol. The van der Waals surface area contributed by atoms with Crippen molar-refractivity contribution in [3.05, 3.63) is 0 Å². The lowest BCUT2D eigenvalue weighted by Gasteiger charge is -2.16. The van der Waals surface area contributed by atoms with Crippen molar-refractivity contribution in [3.63, 3.8) is 0 Å². The number of unbranched alkanes of at least 4 members (excludes halogenated alkanes) is 7. The van der Waals surface area contributed by atoms with E-state index in [0.717, 1.165) is 43.9 Å². The molecule has 0 spiro atoms. The summed E-state index contributed by atoms with van der Waals surface area (Å²) in [6.07, 6.45) is 11.9. The van der Waals surface area contributed by atoms with Crippen LogP contribution in [-0.2, 0) is 14.3 Å². The first-order valence-electron chi connectivity index (χ1n) is 9.10. The number of alkyl halides is 1. The maximum Gasteiger partial charge on any atom is 0.335 e. The van der Waals surface area contributed by atoms with Crippen molar-refractivity contribution in [3.8, 4) is 0 Å². The van der Waals surface area contributed by atoms with E-state index in [0.29, 0.717) is 13.2 Å². The third-order valence-electron chi connectivity index (χ3n) is 3.67. The second kappa shape index (κ2) is 17.3. The van der Waals surface area contributed by atoms with E-state index >= 15 is 0 Å².